The standard InChI is InChI=1S/C31H33Cl2N5O4/c1-36-15-17-38(18-16-36)20-27(39)37(2)24-12-10-23(11-13-24)35-31(33,22-7-5-4-6-8-22)30(32)25-14-9-21(28(40)42-3)19-26(25)34-29(30)41/h4-14,19,35H,15-18,20H2,1-3H3,(H,34,41). The molecular formula is C31H33Cl2N5O4. The lowest BCUT2D eigenvalue weighted by molar-refractivity contribution is -0.120. The summed E-state index contributed by atoms with van der Waals surface area (Å²) in [6.45, 7) is 3.95. The van der Waals surface area contributed by atoms with Crippen molar-refractivity contribution < 1.29 is 19.1 Å². The molecule has 2 aliphatic heterocycles. The summed E-state index contributed by atoms with van der Waals surface area (Å²) < 4.78 is 4.82. The minimum absolute atomic E-state index is 0.00140. The average molecular weight is 611 g/mol. The fourth-order valence-corrected chi connectivity index (χ4v) is 6.10. The fraction of sp³-hybridized carbons (Fsp3) is 0.323. The molecule has 5 rings (SSSR count). The number of anilines is 3. The molecule has 1 saturated heterocycles. The Morgan fingerprint density at radius 1 is 1.05 bits per heavy atom. The van der Waals surface area contributed by atoms with Gasteiger partial charge in [-0.1, -0.05) is 59.6 Å². The second kappa shape index (κ2) is 11.9. The van der Waals surface area contributed by atoms with Crippen LogP contribution in [0.5, 0.6) is 0 Å². The Kier molecular flexibility index (Phi) is 8.48. The van der Waals surface area contributed by atoms with Crippen LogP contribution in [0.3, 0.4) is 0 Å². The number of fused-ring (bicyclic) bond motifs is 1. The van der Waals surface area contributed by atoms with Crippen molar-refractivity contribution in [2.75, 3.05) is 69.5 Å². The highest BCUT2D eigenvalue weighted by Gasteiger charge is 2.61. The first-order valence-corrected chi connectivity index (χ1v) is 14.4. The summed E-state index contributed by atoms with van der Waals surface area (Å²) in [7, 11) is 5.13. The minimum Gasteiger partial charge on any atom is -0.465 e. The van der Waals surface area contributed by atoms with Crippen LogP contribution in [0.2, 0.25) is 0 Å². The molecule has 0 saturated carbocycles. The molecule has 0 spiro atoms. The molecule has 1 fully saturated rings. The molecule has 0 bridgehead atoms. The number of carbonyl (C=O) groups excluding carboxylic acids is 3. The van der Waals surface area contributed by atoms with Crippen molar-refractivity contribution in [1.82, 2.24) is 9.80 Å². The monoisotopic (exact) mass is 609 g/mol. The van der Waals surface area contributed by atoms with Gasteiger partial charge >= 0.3 is 5.97 Å². The van der Waals surface area contributed by atoms with Crippen LogP contribution in [0.1, 0.15) is 21.5 Å². The summed E-state index contributed by atoms with van der Waals surface area (Å²) in [5.74, 6) is -1.08. The number of alkyl halides is 2. The third-order valence-electron chi connectivity index (χ3n) is 7.92. The third-order valence-corrected chi connectivity index (χ3v) is 9.27. The molecule has 2 amide bonds. The number of piperazine rings is 1. The van der Waals surface area contributed by atoms with Crippen LogP contribution in [-0.2, 0) is 24.2 Å². The van der Waals surface area contributed by atoms with Crippen molar-refractivity contribution in [1.29, 1.82) is 0 Å². The number of halogens is 2. The van der Waals surface area contributed by atoms with Gasteiger partial charge in [0, 0.05) is 55.9 Å². The average Bonchev–Trinajstić information content (AvgIpc) is 3.28. The zero-order chi connectivity index (χ0) is 30.1. The van der Waals surface area contributed by atoms with Gasteiger partial charge in [-0.2, -0.15) is 0 Å². The zero-order valence-corrected chi connectivity index (χ0v) is 25.2. The number of nitrogens with one attached hydrogen (secondary N) is 2. The number of nitrogens with zero attached hydrogens (tertiary/aromatic N) is 3. The molecule has 2 heterocycles. The lowest BCUT2D eigenvalue weighted by Gasteiger charge is -2.40. The van der Waals surface area contributed by atoms with E-state index in [0.717, 1.165) is 31.9 Å². The SMILES string of the molecule is COC(=O)c1ccc2c(c1)NC(=O)C2(Cl)C(Cl)(Nc1ccc(N(C)C(=O)CN2CCN(C)CC2)cc1)c1ccccc1. The summed E-state index contributed by atoms with van der Waals surface area (Å²) in [5, 5.41) is 6.09. The van der Waals surface area contributed by atoms with Crippen LogP contribution in [0.25, 0.3) is 0 Å². The molecule has 0 aromatic heterocycles. The van der Waals surface area contributed by atoms with Crippen molar-refractivity contribution in [2.45, 2.75) is 9.87 Å². The molecule has 0 radical (unpaired) electrons. The van der Waals surface area contributed by atoms with Gasteiger partial charge in [0.2, 0.25) is 5.91 Å². The summed E-state index contributed by atoms with van der Waals surface area (Å²) >= 11 is 14.7. The van der Waals surface area contributed by atoms with E-state index in [-0.39, 0.29) is 11.5 Å². The number of benzene rings is 3. The van der Waals surface area contributed by atoms with Crippen LogP contribution in [-0.4, -0.2) is 81.5 Å². The van der Waals surface area contributed by atoms with E-state index in [1.165, 1.54) is 13.2 Å². The summed E-state index contributed by atoms with van der Waals surface area (Å²) in [6, 6.07) is 21.0. The molecule has 2 aliphatic rings. The lowest BCUT2D eigenvalue weighted by Crippen LogP contribution is -2.51. The van der Waals surface area contributed by atoms with Crippen molar-refractivity contribution in [3.8, 4) is 0 Å². The minimum atomic E-state index is -1.80. The molecular weight excluding hydrogens is 577 g/mol. The van der Waals surface area contributed by atoms with E-state index in [1.807, 2.05) is 30.3 Å². The number of amides is 2. The predicted octanol–water partition coefficient (Wildman–Crippen LogP) is 4.27. The Hall–Kier alpha value is -3.63. The van der Waals surface area contributed by atoms with Crippen LogP contribution in [0.15, 0.2) is 72.8 Å². The summed E-state index contributed by atoms with van der Waals surface area (Å²) in [6.07, 6.45) is 0. The van der Waals surface area contributed by atoms with E-state index in [2.05, 4.69) is 27.5 Å². The van der Waals surface area contributed by atoms with E-state index in [4.69, 9.17) is 27.9 Å². The Bertz CT molecular complexity index is 1480. The number of carbonyl (C=O) groups is 3. The largest absolute Gasteiger partial charge is 0.465 e. The van der Waals surface area contributed by atoms with Gasteiger partial charge < -0.3 is 25.2 Å². The van der Waals surface area contributed by atoms with Gasteiger partial charge in [-0.05, 0) is 49.0 Å². The third kappa shape index (κ3) is 5.45. The second-order valence-electron chi connectivity index (χ2n) is 10.6. The van der Waals surface area contributed by atoms with Crippen LogP contribution >= 0.6 is 23.2 Å². The van der Waals surface area contributed by atoms with Crippen LogP contribution in [0.4, 0.5) is 17.1 Å². The van der Waals surface area contributed by atoms with E-state index in [0.29, 0.717) is 29.0 Å². The molecule has 11 heteroatoms. The lowest BCUT2D eigenvalue weighted by atomic mass is 9.85. The molecule has 2 atom stereocenters. The molecule has 42 heavy (non-hydrogen) atoms. The number of ether oxygens (including phenoxy) is 1. The highest BCUT2D eigenvalue weighted by Crippen LogP contribution is 2.56. The first-order valence-electron chi connectivity index (χ1n) is 13.6. The van der Waals surface area contributed by atoms with Crippen molar-refractivity contribution in [3.63, 3.8) is 0 Å². The van der Waals surface area contributed by atoms with E-state index >= 15 is 0 Å². The van der Waals surface area contributed by atoms with Crippen LogP contribution < -0.4 is 15.5 Å². The van der Waals surface area contributed by atoms with Crippen molar-refractivity contribution >= 4 is 58.0 Å². The predicted molar refractivity (Wildman–Crippen MR) is 165 cm³/mol. The molecule has 0 aliphatic carbocycles. The molecule has 2 unspecified atom stereocenters. The fourth-order valence-electron chi connectivity index (χ4n) is 5.31. The topological polar surface area (TPSA) is 94.2 Å². The zero-order valence-electron chi connectivity index (χ0n) is 23.7. The van der Waals surface area contributed by atoms with Gasteiger partial charge in [0.15, 0.2) is 9.87 Å². The molecule has 220 valence electrons. The maximum absolute atomic E-state index is 13.6. The van der Waals surface area contributed by atoms with Crippen molar-refractivity contribution in [2.24, 2.45) is 0 Å². The summed E-state index contributed by atoms with van der Waals surface area (Å²) in [4.78, 5) is 41.3. The van der Waals surface area contributed by atoms with Crippen molar-refractivity contribution in [3.05, 3.63) is 89.5 Å². The number of likely N-dealkylation sites (N-methyl/N-ethyl adjacent to an activating group) is 2. The van der Waals surface area contributed by atoms with Gasteiger partial charge in [-0.3, -0.25) is 14.5 Å². The highest BCUT2D eigenvalue weighted by atomic mass is 35.5. The highest BCUT2D eigenvalue weighted by molar-refractivity contribution is 6.46. The van der Waals surface area contributed by atoms with Crippen LogP contribution in [0, 0.1) is 0 Å². The van der Waals surface area contributed by atoms with Gasteiger partial charge in [-0.15, -0.1) is 0 Å². The van der Waals surface area contributed by atoms with Gasteiger partial charge in [0.05, 0.1) is 19.2 Å². The Balaban J connectivity index is 1.42. The smallest absolute Gasteiger partial charge is 0.337 e. The molecule has 3 aromatic rings. The maximum atomic E-state index is 13.6. The number of esters is 1. The Labute approximate surface area is 255 Å². The Morgan fingerprint density at radius 3 is 2.36 bits per heavy atom. The van der Waals surface area contributed by atoms with Gasteiger partial charge in [0.1, 0.15) is 0 Å². The molecule has 3 aromatic carbocycles. The maximum Gasteiger partial charge on any atom is 0.337 e. The normalized spacial score (nSPS) is 20.3. The van der Waals surface area contributed by atoms with Gasteiger partial charge in [-0.25, -0.2) is 4.79 Å². The number of rotatable bonds is 8. The van der Waals surface area contributed by atoms with E-state index in [9.17, 15) is 14.4 Å². The quantitative estimate of drug-likeness (QED) is 0.224. The molecule has 2 N–H and O–H groups in total. The van der Waals surface area contributed by atoms with E-state index < -0.39 is 21.7 Å². The number of hydrogen-bond acceptors (Lipinski definition) is 7. The molecule has 9 nitrogen and oxygen atoms in total. The second-order valence-corrected chi connectivity index (χ2v) is 11.7. The Morgan fingerprint density at radius 2 is 1.71 bits per heavy atom. The van der Waals surface area contributed by atoms with Gasteiger partial charge in [0.25, 0.3) is 5.91 Å². The first-order chi connectivity index (χ1) is 20.1. The van der Waals surface area contributed by atoms with E-state index in [1.54, 1.807) is 48.3 Å². The summed E-state index contributed by atoms with van der Waals surface area (Å²) in [5.41, 5.74) is 2.93. The first kappa shape index (κ1) is 29.8. The number of hydrogen-bond donors (Lipinski definition) is 2. The number of methoxy groups -OCH3 is 1.